The lowest BCUT2D eigenvalue weighted by atomic mass is 9.83. The van der Waals surface area contributed by atoms with Gasteiger partial charge in [0.2, 0.25) is 0 Å². The summed E-state index contributed by atoms with van der Waals surface area (Å²) in [7, 11) is 2.12. The van der Waals surface area contributed by atoms with E-state index in [-0.39, 0.29) is 17.1 Å². The molecule has 6 heteroatoms. The highest BCUT2D eigenvalue weighted by atomic mass is 35.5. The molecule has 1 aromatic rings. The molecule has 34 heavy (non-hydrogen) atoms. The van der Waals surface area contributed by atoms with Crippen LogP contribution in [0, 0.1) is 5.92 Å². The fraction of sp³-hybridized carbons (Fsp3) is 0.464. The number of allylic oxidation sites excluding steroid dienone is 6. The van der Waals surface area contributed by atoms with Gasteiger partial charge in [0.25, 0.3) is 0 Å². The number of para-hydroxylation sites is 1. The SMILES string of the molecule is CN1/C(=C/C=C2\CCCC(/C=C(\Cl)C(=O)O)=C2N2CCC(CO)CC2)C(C)(C)c2ccccc21. The third kappa shape index (κ3) is 4.69. The summed E-state index contributed by atoms with van der Waals surface area (Å²) in [4.78, 5) is 16.1. The minimum atomic E-state index is -1.10. The van der Waals surface area contributed by atoms with Gasteiger partial charge < -0.3 is 20.0 Å². The van der Waals surface area contributed by atoms with Crippen molar-refractivity contribution in [3.05, 3.63) is 75.6 Å². The molecule has 1 saturated heterocycles. The molecule has 4 rings (SSSR count). The van der Waals surface area contributed by atoms with Gasteiger partial charge in [-0.15, -0.1) is 0 Å². The minimum Gasteiger partial charge on any atom is -0.477 e. The predicted molar refractivity (Wildman–Crippen MR) is 138 cm³/mol. The second kappa shape index (κ2) is 10.0. The molecule has 0 amide bonds. The Balaban J connectivity index is 1.75. The van der Waals surface area contributed by atoms with Crippen LogP contribution in [-0.2, 0) is 10.2 Å². The molecule has 2 N–H and O–H groups in total. The number of likely N-dealkylation sites (N-methyl/N-ethyl adjacent to an activating group) is 1. The van der Waals surface area contributed by atoms with Gasteiger partial charge in [-0.2, -0.15) is 0 Å². The van der Waals surface area contributed by atoms with Gasteiger partial charge in [0.05, 0.1) is 0 Å². The van der Waals surface area contributed by atoms with E-state index in [2.05, 4.69) is 67.1 Å². The first kappa shape index (κ1) is 24.6. The summed E-state index contributed by atoms with van der Waals surface area (Å²) < 4.78 is 0. The van der Waals surface area contributed by atoms with Crippen molar-refractivity contribution in [3.8, 4) is 0 Å². The number of anilines is 1. The third-order valence-electron chi connectivity index (χ3n) is 7.58. The van der Waals surface area contributed by atoms with Crippen molar-refractivity contribution in [1.82, 2.24) is 4.90 Å². The number of carboxylic acid groups (broad SMARTS) is 1. The van der Waals surface area contributed by atoms with E-state index in [9.17, 15) is 15.0 Å². The van der Waals surface area contributed by atoms with Crippen LogP contribution in [0.1, 0.15) is 51.5 Å². The molecule has 0 radical (unpaired) electrons. The molecular formula is C28H35ClN2O3. The smallest absolute Gasteiger partial charge is 0.347 e. The average Bonchev–Trinajstić information content (AvgIpc) is 3.03. The lowest BCUT2D eigenvalue weighted by molar-refractivity contribution is -0.131. The zero-order valence-corrected chi connectivity index (χ0v) is 21.1. The van der Waals surface area contributed by atoms with Gasteiger partial charge in [-0.05, 0) is 73.0 Å². The molecule has 2 aliphatic heterocycles. The van der Waals surface area contributed by atoms with Gasteiger partial charge in [0.1, 0.15) is 5.03 Å². The van der Waals surface area contributed by atoms with Gasteiger partial charge >= 0.3 is 5.97 Å². The number of aliphatic hydroxyl groups is 1. The van der Waals surface area contributed by atoms with E-state index in [4.69, 9.17) is 11.6 Å². The van der Waals surface area contributed by atoms with E-state index in [0.717, 1.165) is 56.5 Å². The normalized spacial score (nSPS) is 23.7. The zero-order chi connectivity index (χ0) is 24.5. The van der Waals surface area contributed by atoms with E-state index in [1.54, 1.807) is 6.08 Å². The molecule has 3 aliphatic rings. The number of benzene rings is 1. The van der Waals surface area contributed by atoms with E-state index < -0.39 is 5.97 Å². The third-order valence-corrected chi connectivity index (χ3v) is 7.85. The average molecular weight is 483 g/mol. The highest BCUT2D eigenvalue weighted by Crippen LogP contribution is 2.47. The monoisotopic (exact) mass is 482 g/mol. The first-order valence-electron chi connectivity index (χ1n) is 12.2. The van der Waals surface area contributed by atoms with Crippen molar-refractivity contribution in [3.63, 3.8) is 0 Å². The van der Waals surface area contributed by atoms with Crippen LogP contribution in [0.25, 0.3) is 0 Å². The molecule has 2 heterocycles. The predicted octanol–water partition coefficient (Wildman–Crippen LogP) is 5.57. The summed E-state index contributed by atoms with van der Waals surface area (Å²) in [5, 5.41) is 18.8. The van der Waals surface area contributed by atoms with Crippen molar-refractivity contribution < 1.29 is 15.0 Å². The summed E-state index contributed by atoms with van der Waals surface area (Å²) in [5.41, 5.74) is 7.04. The van der Waals surface area contributed by atoms with Crippen molar-refractivity contribution in [1.29, 1.82) is 0 Å². The summed E-state index contributed by atoms with van der Waals surface area (Å²) in [5.74, 6) is -0.763. The number of carboxylic acids is 1. The molecule has 182 valence electrons. The molecule has 1 aliphatic carbocycles. The lowest BCUT2D eigenvalue weighted by Crippen LogP contribution is -2.36. The van der Waals surface area contributed by atoms with Gasteiger partial charge in [0, 0.05) is 49.2 Å². The van der Waals surface area contributed by atoms with Crippen LogP contribution in [0.15, 0.2) is 70.1 Å². The fourth-order valence-corrected chi connectivity index (χ4v) is 5.79. The molecule has 0 unspecified atom stereocenters. The first-order valence-corrected chi connectivity index (χ1v) is 12.6. The number of nitrogens with zero attached hydrogens (tertiary/aromatic N) is 2. The Bertz CT molecular complexity index is 1070. The molecule has 0 bridgehead atoms. The second-order valence-corrected chi connectivity index (χ2v) is 10.5. The highest BCUT2D eigenvalue weighted by Gasteiger charge is 2.38. The van der Waals surface area contributed by atoms with Crippen LogP contribution in [0.3, 0.4) is 0 Å². The number of likely N-dealkylation sites (tertiary alicyclic amines) is 1. The highest BCUT2D eigenvalue weighted by molar-refractivity contribution is 6.41. The standard InChI is InChI=1S/C28H35ClN2O3/c1-28(2)22-9-4-5-10-24(22)30(3)25(28)12-11-20-7-6-8-21(17-23(29)27(33)34)26(20)31-15-13-19(18-32)14-16-31/h4-5,9-12,17,19,32H,6-8,13-16,18H2,1-3H3,(H,33,34)/b20-11+,23-17-,25-12+. The number of carbonyl (C=O) groups is 1. The number of halogens is 1. The topological polar surface area (TPSA) is 64.0 Å². The number of hydrogen-bond donors (Lipinski definition) is 2. The number of hydrogen-bond acceptors (Lipinski definition) is 4. The number of piperidine rings is 1. The van der Waals surface area contributed by atoms with Gasteiger partial charge in [0.15, 0.2) is 0 Å². The Morgan fingerprint density at radius 3 is 2.53 bits per heavy atom. The second-order valence-electron chi connectivity index (χ2n) is 10.1. The Hall–Kier alpha value is -2.50. The molecule has 0 atom stereocenters. The largest absolute Gasteiger partial charge is 0.477 e. The van der Waals surface area contributed by atoms with Crippen LogP contribution in [0.5, 0.6) is 0 Å². The Morgan fingerprint density at radius 2 is 1.88 bits per heavy atom. The van der Waals surface area contributed by atoms with Crippen LogP contribution in [0.4, 0.5) is 5.69 Å². The first-order chi connectivity index (χ1) is 16.2. The van der Waals surface area contributed by atoms with Gasteiger partial charge in [-0.25, -0.2) is 4.79 Å². The summed E-state index contributed by atoms with van der Waals surface area (Å²) >= 11 is 6.07. The van der Waals surface area contributed by atoms with E-state index in [0.29, 0.717) is 5.92 Å². The molecule has 0 spiro atoms. The molecule has 1 fully saturated rings. The van der Waals surface area contributed by atoms with Crippen molar-refractivity contribution in [2.45, 2.75) is 51.4 Å². The van der Waals surface area contributed by atoms with E-state index in [1.807, 2.05) is 0 Å². The van der Waals surface area contributed by atoms with Gasteiger partial charge in [-0.1, -0.05) is 49.7 Å². The number of aliphatic hydroxyl groups excluding tert-OH is 1. The maximum Gasteiger partial charge on any atom is 0.347 e. The maximum absolute atomic E-state index is 11.4. The van der Waals surface area contributed by atoms with E-state index in [1.165, 1.54) is 22.5 Å². The van der Waals surface area contributed by atoms with Crippen molar-refractivity contribution >= 4 is 23.3 Å². The summed E-state index contributed by atoms with van der Waals surface area (Å²) in [6.45, 7) is 6.46. The van der Waals surface area contributed by atoms with E-state index >= 15 is 0 Å². The number of rotatable bonds is 5. The lowest BCUT2D eigenvalue weighted by Gasteiger charge is -2.38. The molecule has 5 nitrogen and oxygen atoms in total. The van der Waals surface area contributed by atoms with Crippen LogP contribution in [0.2, 0.25) is 0 Å². The summed E-state index contributed by atoms with van der Waals surface area (Å²) in [6, 6.07) is 8.54. The molecule has 1 aromatic carbocycles. The van der Waals surface area contributed by atoms with Crippen LogP contribution >= 0.6 is 11.6 Å². The Kier molecular flexibility index (Phi) is 7.25. The molecule has 0 saturated carbocycles. The minimum absolute atomic E-state index is 0.101. The van der Waals surface area contributed by atoms with Gasteiger partial charge in [-0.3, -0.25) is 0 Å². The zero-order valence-electron chi connectivity index (χ0n) is 20.4. The van der Waals surface area contributed by atoms with Crippen molar-refractivity contribution in [2.75, 3.05) is 31.6 Å². The Morgan fingerprint density at radius 1 is 1.18 bits per heavy atom. The molecule has 0 aromatic heterocycles. The quantitative estimate of drug-likeness (QED) is 0.537. The number of fused-ring (bicyclic) bond motifs is 1. The van der Waals surface area contributed by atoms with Crippen LogP contribution < -0.4 is 4.90 Å². The fourth-order valence-electron chi connectivity index (χ4n) is 5.66. The summed E-state index contributed by atoms with van der Waals surface area (Å²) in [6.07, 6.45) is 10.7. The van der Waals surface area contributed by atoms with Crippen LogP contribution in [-0.4, -0.2) is 47.8 Å². The number of aliphatic carboxylic acids is 1. The maximum atomic E-state index is 11.4. The Labute approximate surface area is 207 Å². The molecular weight excluding hydrogens is 448 g/mol. The van der Waals surface area contributed by atoms with Crippen molar-refractivity contribution in [2.24, 2.45) is 5.92 Å².